The van der Waals surface area contributed by atoms with Crippen LogP contribution in [0.25, 0.3) is 0 Å². The third-order valence-corrected chi connectivity index (χ3v) is 8.29. The Morgan fingerprint density at radius 3 is 2.15 bits per heavy atom. The van der Waals surface area contributed by atoms with Gasteiger partial charge in [-0.25, -0.2) is 4.79 Å². The number of carbonyl (C=O) groups is 5. The van der Waals surface area contributed by atoms with Crippen molar-refractivity contribution in [2.45, 2.75) is 76.4 Å². The number of imide groups is 1. The molecule has 3 aliphatic rings. The summed E-state index contributed by atoms with van der Waals surface area (Å²) in [7, 11) is 0. The Bertz CT molecular complexity index is 1250. The van der Waals surface area contributed by atoms with Gasteiger partial charge in [-0.3, -0.25) is 24.1 Å². The second-order valence-corrected chi connectivity index (χ2v) is 11.0. The van der Waals surface area contributed by atoms with Crippen LogP contribution in [-0.4, -0.2) is 51.7 Å². The molecule has 1 saturated carbocycles. The largest absolute Gasteiger partial charge is 0.480 e. The monoisotopic (exact) mass is 531 g/mol. The molecule has 1 aliphatic carbocycles. The normalized spacial score (nSPS) is 21.4. The lowest BCUT2D eigenvalue weighted by atomic mass is 9.76. The summed E-state index contributed by atoms with van der Waals surface area (Å²) >= 11 is 0. The lowest BCUT2D eigenvalue weighted by molar-refractivity contribution is -0.143. The predicted molar refractivity (Wildman–Crippen MR) is 142 cm³/mol. The second kappa shape index (κ2) is 11.0. The van der Waals surface area contributed by atoms with Gasteiger partial charge < -0.3 is 15.3 Å². The maximum absolute atomic E-state index is 13.1. The zero-order valence-electron chi connectivity index (χ0n) is 21.8. The summed E-state index contributed by atoms with van der Waals surface area (Å²) in [6.07, 6.45) is 5.27. The van der Waals surface area contributed by atoms with Crippen molar-refractivity contribution < 1.29 is 29.1 Å². The second-order valence-electron chi connectivity index (χ2n) is 11.0. The van der Waals surface area contributed by atoms with E-state index < -0.39 is 24.0 Å². The van der Waals surface area contributed by atoms with Gasteiger partial charge in [0.2, 0.25) is 23.6 Å². The van der Waals surface area contributed by atoms with Gasteiger partial charge in [-0.2, -0.15) is 0 Å². The molecular formula is C30H33N3O6. The average Bonchev–Trinajstić information content (AvgIpc) is 3.50. The van der Waals surface area contributed by atoms with E-state index >= 15 is 0 Å². The van der Waals surface area contributed by atoms with Crippen LogP contribution in [0.1, 0.15) is 62.5 Å². The van der Waals surface area contributed by atoms with Crippen molar-refractivity contribution in [3.63, 3.8) is 0 Å². The molecule has 5 rings (SSSR count). The first-order chi connectivity index (χ1) is 18.7. The number of amides is 4. The molecule has 4 amide bonds. The lowest BCUT2D eigenvalue weighted by Gasteiger charge is -2.37. The Labute approximate surface area is 227 Å². The number of likely N-dealkylation sites (tertiary alicyclic amines) is 1. The molecule has 2 aromatic carbocycles. The van der Waals surface area contributed by atoms with Crippen LogP contribution < -0.4 is 10.2 Å². The van der Waals surface area contributed by atoms with Crippen LogP contribution in [0.5, 0.6) is 0 Å². The number of benzene rings is 2. The quantitative estimate of drug-likeness (QED) is 0.504. The van der Waals surface area contributed by atoms with Gasteiger partial charge in [0.15, 0.2) is 0 Å². The summed E-state index contributed by atoms with van der Waals surface area (Å²) in [5.41, 5.74) is 1.82. The van der Waals surface area contributed by atoms with Crippen LogP contribution in [0.4, 0.5) is 5.69 Å². The maximum atomic E-state index is 13.1. The Kier molecular flexibility index (Phi) is 7.50. The molecule has 9 heteroatoms. The SMILES string of the molecule is O=C(O)[C@H](Cc1ccc(N2C(=O)CC3(CCCC3)CC2=O)cc1)NC(=O)[C@H]1CCC(=O)N1Cc1ccccc1. The third-order valence-electron chi connectivity index (χ3n) is 8.29. The van der Waals surface area contributed by atoms with E-state index in [1.165, 1.54) is 9.80 Å². The zero-order chi connectivity index (χ0) is 27.6. The van der Waals surface area contributed by atoms with Crippen molar-refractivity contribution in [3.05, 3.63) is 65.7 Å². The molecule has 2 heterocycles. The maximum Gasteiger partial charge on any atom is 0.326 e. The highest BCUT2D eigenvalue weighted by molar-refractivity contribution is 6.17. The van der Waals surface area contributed by atoms with E-state index in [9.17, 15) is 29.1 Å². The fraction of sp³-hybridized carbons (Fsp3) is 0.433. The highest BCUT2D eigenvalue weighted by atomic mass is 16.4. The Morgan fingerprint density at radius 1 is 0.897 bits per heavy atom. The van der Waals surface area contributed by atoms with Crippen LogP contribution in [-0.2, 0) is 36.9 Å². The van der Waals surface area contributed by atoms with Crippen LogP contribution in [0.2, 0.25) is 0 Å². The molecule has 0 aromatic heterocycles. The highest BCUT2D eigenvalue weighted by Gasteiger charge is 2.45. The molecule has 2 aliphatic heterocycles. The molecule has 0 unspecified atom stereocenters. The zero-order valence-corrected chi connectivity index (χ0v) is 21.8. The molecule has 39 heavy (non-hydrogen) atoms. The molecule has 0 radical (unpaired) electrons. The number of hydrogen-bond donors (Lipinski definition) is 2. The van der Waals surface area contributed by atoms with Crippen molar-refractivity contribution in [2.75, 3.05) is 4.90 Å². The van der Waals surface area contributed by atoms with E-state index in [1.807, 2.05) is 30.3 Å². The minimum atomic E-state index is -1.20. The van der Waals surface area contributed by atoms with E-state index in [4.69, 9.17) is 0 Å². The minimum absolute atomic E-state index is 0.0196. The summed E-state index contributed by atoms with van der Waals surface area (Å²) in [5, 5.41) is 12.4. The van der Waals surface area contributed by atoms with Crippen molar-refractivity contribution >= 4 is 35.3 Å². The summed E-state index contributed by atoms with van der Waals surface area (Å²) in [6, 6.07) is 14.1. The number of carbonyl (C=O) groups excluding carboxylic acids is 4. The lowest BCUT2D eigenvalue weighted by Crippen LogP contribution is -2.50. The smallest absolute Gasteiger partial charge is 0.326 e. The van der Waals surface area contributed by atoms with Gasteiger partial charge in [-0.05, 0) is 47.9 Å². The van der Waals surface area contributed by atoms with Crippen LogP contribution in [0.15, 0.2) is 54.6 Å². The van der Waals surface area contributed by atoms with Crippen LogP contribution in [0.3, 0.4) is 0 Å². The molecule has 3 fully saturated rings. The van der Waals surface area contributed by atoms with E-state index in [1.54, 1.807) is 24.3 Å². The molecule has 0 bridgehead atoms. The van der Waals surface area contributed by atoms with E-state index in [0.29, 0.717) is 30.5 Å². The van der Waals surface area contributed by atoms with Gasteiger partial charge in [0, 0.05) is 32.2 Å². The first-order valence-electron chi connectivity index (χ1n) is 13.6. The first kappa shape index (κ1) is 26.6. The fourth-order valence-electron chi connectivity index (χ4n) is 6.24. The Balaban J connectivity index is 1.23. The van der Waals surface area contributed by atoms with Gasteiger partial charge in [0.05, 0.1) is 5.69 Å². The van der Waals surface area contributed by atoms with Crippen molar-refractivity contribution in [3.8, 4) is 0 Å². The minimum Gasteiger partial charge on any atom is -0.480 e. The summed E-state index contributed by atoms with van der Waals surface area (Å²) in [4.78, 5) is 66.1. The molecular weight excluding hydrogens is 498 g/mol. The summed E-state index contributed by atoms with van der Waals surface area (Å²) < 4.78 is 0. The molecule has 2 aromatic rings. The number of piperidine rings is 1. The molecule has 1 spiro atoms. The van der Waals surface area contributed by atoms with Crippen molar-refractivity contribution in [1.82, 2.24) is 10.2 Å². The molecule has 2 N–H and O–H groups in total. The topological polar surface area (TPSA) is 124 Å². The van der Waals surface area contributed by atoms with Gasteiger partial charge in [0.25, 0.3) is 0 Å². The number of nitrogens with one attached hydrogen (secondary N) is 1. The average molecular weight is 532 g/mol. The Hall–Kier alpha value is -4.01. The molecule has 2 atom stereocenters. The standard InChI is InChI=1S/C30H33N3O6/c34-25-13-12-24(32(25)19-21-6-2-1-3-7-21)28(37)31-23(29(38)39)16-20-8-10-22(11-9-20)33-26(35)17-30(18-27(33)36)14-4-5-15-30/h1-3,6-11,23-24H,4-5,12-19H2,(H,31,37)(H,38,39)/t23-,24+/m0/s1. The number of carboxylic acid groups (broad SMARTS) is 1. The first-order valence-corrected chi connectivity index (χ1v) is 13.6. The van der Waals surface area contributed by atoms with Gasteiger partial charge >= 0.3 is 5.97 Å². The number of nitrogens with zero attached hydrogens (tertiary/aromatic N) is 2. The third kappa shape index (κ3) is 5.72. The summed E-state index contributed by atoms with van der Waals surface area (Å²) in [6.45, 7) is 0.284. The number of hydrogen-bond acceptors (Lipinski definition) is 5. The fourth-order valence-corrected chi connectivity index (χ4v) is 6.24. The van der Waals surface area contributed by atoms with Crippen LogP contribution >= 0.6 is 0 Å². The molecule has 204 valence electrons. The van der Waals surface area contributed by atoms with E-state index in [-0.39, 0.29) is 42.5 Å². The van der Waals surface area contributed by atoms with Gasteiger partial charge in [0.1, 0.15) is 12.1 Å². The van der Waals surface area contributed by atoms with Crippen LogP contribution in [0, 0.1) is 5.41 Å². The highest BCUT2D eigenvalue weighted by Crippen LogP contribution is 2.47. The summed E-state index contributed by atoms with van der Waals surface area (Å²) in [5.74, 6) is -2.20. The molecule has 9 nitrogen and oxygen atoms in total. The number of carboxylic acids is 1. The van der Waals surface area contributed by atoms with Gasteiger partial charge in [-0.1, -0.05) is 55.3 Å². The van der Waals surface area contributed by atoms with Crippen molar-refractivity contribution in [2.24, 2.45) is 5.41 Å². The Morgan fingerprint density at radius 2 is 1.54 bits per heavy atom. The van der Waals surface area contributed by atoms with Gasteiger partial charge in [-0.15, -0.1) is 0 Å². The van der Waals surface area contributed by atoms with E-state index in [0.717, 1.165) is 31.2 Å². The van der Waals surface area contributed by atoms with Crippen molar-refractivity contribution in [1.29, 1.82) is 0 Å². The number of anilines is 1. The number of aliphatic carboxylic acids is 1. The molecule has 2 saturated heterocycles. The van der Waals surface area contributed by atoms with E-state index in [2.05, 4.69) is 5.32 Å². The number of rotatable bonds is 8. The predicted octanol–water partition coefficient (Wildman–Crippen LogP) is 3.20.